The number of anilines is 1. The molecule has 38 heavy (non-hydrogen) atoms. The molecule has 3 N–H and O–H groups in total. The van der Waals surface area contributed by atoms with Crippen molar-refractivity contribution >= 4 is 22.9 Å². The minimum Gasteiger partial charge on any atom is -0.359 e. The van der Waals surface area contributed by atoms with Crippen LogP contribution in [0.15, 0.2) is 53.4 Å². The minimum absolute atomic E-state index is 0.0959. The van der Waals surface area contributed by atoms with Gasteiger partial charge in [0.25, 0.3) is 5.91 Å². The molecule has 0 radical (unpaired) electrons. The van der Waals surface area contributed by atoms with Gasteiger partial charge in [0.15, 0.2) is 0 Å². The normalized spacial score (nSPS) is 19.6. The largest absolute Gasteiger partial charge is 0.359 e. The summed E-state index contributed by atoms with van der Waals surface area (Å²) in [6, 6.07) is 2.16. The Morgan fingerprint density at radius 3 is 2.47 bits per heavy atom. The Morgan fingerprint density at radius 1 is 1.26 bits per heavy atom. The van der Waals surface area contributed by atoms with Crippen LogP contribution in [0.25, 0.3) is 11.1 Å². The van der Waals surface area contributed by atoms with E-state index in [0.717, 1.165) is 57.2 Å². The Kier molecular flexibility index (Phi) is 8.47. The van der Waals surface area contributed by atoms with Crippen LogP contribution in [0.1, 0.15) is 97.3 Å². The van der Waals surface area contributed by atoms with Gasteiger partial charge in [-0.25, -0.2) is 4.98 Å². The second-order valence-corrected chi connectivity index (χ2v) is 12.3. The van der Waals surface area contributed by atoms with Crippen molar-refractivity contribution in [3.8, 4) is 0 Å². The standard InChI is InChI=1S/C32H47N5O/c1-13-26-25(21(6)14-22(7)34-26)18-33-30(38)24-15-27(23-16-31(8,9)36-32(10,11)17-23)35-29(28(24)19(2)3)37(12)20(4)5/h13-16,20,34,36H,2,17-18H2,1,3-12H3,(H,33,38)/b26-13+. The van der Waals surface area contributed by atoms with E-state index in [0.29, 0.717) is 12.1 Å². The van der Waals surface area contributed by atoms with Gasteiger partial charge in [-0.2, -0.15) is 0 Å². The molecule has 0 saturated heterocycles. The number of hydrogen-bond acceptors (Lipinski definition) is 5. The molecule has 1 amide bonds. The number of dihydropyridines is 1. The van der Waals surface area contributed by atoms with E-state index in [1.54, 1.807) is 0 Å². The van der Waals surface area contributed by atoms with E-state index in [9.17, 15) is 4.79 Å². The summed E-state index contributed by atoms with van der Waals surface area (Å²) in [7, 11) is 2.03. The third-order valence-electron chi connectivity index (χ3n) is 7.22. The Hall–Kier alpha value is -3.12. The van der Waals surface area contributed by atoms with E-state index in [4.69, 9.17) is 4.98 Å². The average molecular weight is 518 g/mol. The van der Waals surface area contributed by atoms with Gasteiger partial charge in [-0.05, 0) is 110 Å². The molecule has 6 nitrogen and oxygen atoms in total. The van der Waals surface area contributed by atoms with Gasteiger partial charge in [0, 0.05) is 47.7 Å². The summed E-state index contributed by atoms with van der Waals surface area (Å²) in [6.07, 6.45) is 7.22. The predicted molar refractivity (Wildman–Crippen MR) is 162 cm³/mol. The number of carbonyl (C=O) groups is 1. The fraction of sp³-hybridized carbons (Fsp3) is 0.500. The molecule has 206 valence electrons. The average Bonchev–Trinajstić information content (AvgIpc) is 2.79. The molecule has 6 heteroatoms. The van der Waals surface area contributed by atoms with Gasteiger partial charge in [-0.15, -0.1) is 0 Å². The van der Waals surface area contributed by atoms with Crippen LogP contribution in [0.2, 0.25) is 0 Å². The molecular formula is C32H47N5O. The summed E-state index contributed by atoms with van der Waals surface area (Å²) < 4.78 is 0. The summed E-state index contributed by atoms with van der Waals surface area (Å²) in [5.41, 5.74) is 8.28. The molecule has 0 bridgehead atoms. The monoisotopic (exact) mass is 517 g/mol. The lowest BCUT2D eigenvalue weighted by molar-refractivity contribution is 0.0956. The number of rotatable bonds is 7. The molecule has 0 saturated carbocycles. The van der Waals surface area contributed by atoms with Crippen molar-refractivity contribution in [3.05, 3.63) is 70.2 Å². The topological polar surface area (TPSA) is 69.3 Å². The highest BCUT2D eigenvalue weighted by molar-refractivity contribution is 6.02. The Balaban J connectivity index is 2.14. The van der Waals surface area contributed by atoms with Gasteiger partial charge in [0.05, 0.1) is 11.3 Å². The van der Waals surface area contributed by atoms with Gasteiger partial charge >= 0.3 is 0 Å². The van der Waals surface area contributed by atoms with Crippen LogP contribution in [-0.2, 0) is 0 Å². The van der Waals surface area contributed by atoms with Gasteiger partial charge in [0.1, 0.15) is 5.82 Å². The van der Waals surface area contributed by atoms with E-state index >= 15 is 0 Å². The molecule has 3 heterocycles. The lowest BCUT2D eigenvalue weighted by Crippen LogP contribution is -2.53. The van der Waals surface area contributed by atoms with Crippen LogP contribution in [0.4, 0.5) is 5.82 Å². The lowest BCUT2D eigenvalue weighted by Gasteiger charge is -2.41. The van der Waals surface area contributed by atoms with Gasteiger partial charge in [-0.1, -0.05) is 18.7 Å². The predicted octanol–water partition coefficient (Wildman–Crippen LogP) is 6.35. The molecule has 2 aliphatic rings. The SMILES string of the molecule is C=C(C)c1c(C(=O)NCC2=C(C)C=C(C)N/C2=C/C)cc(C2=CC(C)(C)NC(C)(C)C2)nc1N(C)C(C)C. The molecule has 0 unspecified atom stereocenters. The summed E-state index contributed by atoms with van der Waals surface area (Å²) in [5.74, 6) is 0.660. The Bertz CT molecular complexity index is 1260. The number of pyridine rings is 1. The zero-order valence-electron chi connectivity index (χ0n) is 25.3. The molecule has 0 spiro atoms. The van der Waals surface area contributed by atoms with E-state index in [1.165, 1.54) is 0 Å². The summed E-state index contributed by atoms with van der Waals surface area (Å²) in [6.45, 7) is 25.8. The Morgan fingerprint density at radius 2 is 1.92 bits per heavy atom. The highest BCUT2D eigenvalue weighted by atomic mass is 16.1. The molecule has 2 aliphatic heterocycles. The first-order chi connectivity index (χ1) is 17.5. The molecule has 0 fully saturated rings. The second kappa shape index (κ2) is 10.9. The molecule has 1 aromatic rings. The first kappa shape index (κ1) is 29.4. The molecule has 0 aliphatic carbocycles. The van der Waals surface area contributed by atoms with Crippen LogP contribution in [0.5, 0.6) is 0 Å². The quantitative estimate of drug-likeness (QED) is 0.393. The van der Waals surface area contributed by atoms with Crippen LogP contribution >= 0.6 is 0 Å². The van der Waals surface area contributed by atoms with Crippen molar-refractivity contribution in [1.82, 2.24) is 20.9 Å². The number of hydrogen-bond donors (Lipinski definition) is 3. The zero-order chi connectivity index (χ0) is 28.6. The van der Waals surface area contributed by atoms with Crippen LogP contribution in [0.3, 0.4) is 0 Å². The van der Waals surface area contributed by atoms with Crippen LogP contribution in [-0.4, -0.2) is 41.6 Å². The Labute approximate surface area is 230 Å². The molecule has 3 rings (SSSR count). The van der Waals surface area contributed by atoms with Crippen molar-refractivity contribution in [2.75, 3.05) is 18.5 Å². The summed E-state index contributed by atoms with van der Waals surface area (Å²) in [4.78, 5) is 21.2. The first-order valence-electron chi connectivity index (χ1n) is 13.6. The fourth-order valence-corrected chi connectivity index (χ4v) is 5.57. The maximum Gasteiger partial charge on any atom is 0.252 e. The number of aromatic nitrogens is 1. The number of nitrogens with one attached hydrogen (secondary N) is 3. The van der Waals surface area contributed by atoms with E-state index < -0.39 is 0 Å². The van der Waals surface area contributed by atoms with Crippen molar-refractivity contribution in [3.63, 3.8) is 0 Å². The maximum atomic E-state index is 13.9. The van der Waals surface area contributed by atoms with Crippen molar-refractivity contribution in [2.24, 2.45) is 0 Å². The summed E-state index contributed by atoms with van der Waals surface area (Å²) in [5, 5.41) is 10.3. The van der Waals surface area contributed by atoms with Crippen LogP contribution in [0, 0.1) is 0 Å². The third kappa shape index (κ3) is 6.47. The first-order valence-corrected chi connectivity index (χ1v) is 13.6. The number of amides is 1. The summed E-state index contributed by atoms with van der Waals surface area (Å²) >= 11 is 0. The highest BCUT2D eigenvalue weighted by Gasteiger charge is 2.34. The van der Waals surface area contributed by atoms with Crippen molar-refractivity contribution < 1.29 is 4.79 Å². The van der Waals surface area contributed by atoms with Crippen LogP contribution < -0.4 is 20.9 Å². The zero-order valence-corrected chi connectivity index (χ0v) is 25.3. The van der Waals surface area contributed by atoms with Gasteiger partial charge in [-0.3, -0.25) is 4.79 Å². The smallest absolute Gasteiger partial charge is 0.252 e. The molecule has 0 atom stereocenters. The number of nitrogens with zero attached hydrogens (tertiary/aromatic N) is 2. The highest BCUT2D eigenvalue weighted by Crippen LogP contribution is 2.37. The third-order valence-corrected chi connectivity index (χ3v) is 7.22. The minimum atomic E-state index is -0.190. The lowest BCUT2D eigenvalue weighted by atomic mass is 9.82. The maximum absolute atomic E-state index is 13.9. The van der Waals surface area contributed by atoms with Gasteiger partial charge in [0.2, 0.25) is 0 Å². The van der Waals surface area contributed by atoms with Crippen molar-refractivity contribution in [1.29, 1.82) is 0 Å². The van der Waals surface area contributed by atoms with Crippen molar-refractivity contribution in [2.45, 2.75) is 92.8 Å². The molecule has 1 aromatic heterocycles. The molecule has 0 aromatic carbocycles. The fourth-order valence-electron chi connectivity index (χ4n) is 5.57. The second-order valence-electron chi connectivity index (χ2n) is 12.3. The number of allylic oxidation sites excluding steroid dienone is 5. The number of carbonyl (C=O) groups excluding carboxylic acids is 1. The van der Waals surface area contributed by atoms with E-state index in [2.05, 4.69) is 88.0 Å². The van der Waals surface area contributed by atoms with Gasteiger partial charge < -0.3 is 20.9 Å². The van der Waals surface area contributed by atoms with E-state index in [1.807, 2.05) is 40.0 Å². The van der Waals surface area contributed by atoms with E-state index in [-0.39, 0.29) is 23.0 Å². The molecular weight excluding hydrogens is 470 g/mol.